The molecule has 2 radical (unpaired) electrons. The molecule has 0 heteroatoms. The zero-order valence-corrected chi connectivity index (χ0v) is 9.61. The minimum atomic E-state index is 0.712. The molecule has 0 unspecified atom stereocenters. The fourth-order valence-corrected chi connectivity index (χ4v) is 1.78. The van der Waals surface area contributed by atoms with Gasteiger partial charge in [0, 0.05) is 0 Å². The van der Waals surface area contributed by atoms with E-state index in [9.17, 15) is 0 Å². The topological polar surface area (TPSA) is 0 Å². The van der Waals surface area contributed by atoms with Crippen LogP contribution in [0, 0.1) is 13.8 Å². The Bertz CT molecular complexity index is 434. The normalized spacial score (nSPS) is 10.4. The first-order valence-electron chi connectivity index (χ1n) is 5.65. The molecule has 0 saturated carbocycles. The Morgan fingerprint density at radius 1 is 0.812 bits per heavy atom. The molecule has 80 valence electrons. The standard InChI is InChI=1S/C16H16/c1-3-4-14-7-11-16(12-8-14)15-9-5-13(2)6-10-15/h1,5-12H,3-4H2,2H3. The van der Waals surface area contributed by atoms with Crippen LogP contribution in [-0.4, -0.2) is 0 Å². The molecule has 0 N–H and O–H groups in total. The maximum absolute atomic E-state index is 5.53. The second kappa shape index (κ2) is 4.98. The van der Waals surface area contributed by atoms with E-state index >= 15 is 0 Å². The number of aryl methyl sites for hydroxylation is 2. The first-order chi connectivity index (χ1) is 7.79. The Labute approximate surface area is 97.9 Å². The van der Waals surface area contributed by atoms with E-state index < -0.39 is 0 Å². The lowest BCUT2D eigenvalue weighted by molar-refractivity contribution is 1.000. The van der Waals surface area contributed by atoms with E-state index in [1.54, 1.807) is 0 Å². The molecular weight excluding hydrogens is 192 g/mol. The van der Waals surface area contributed by atoms with E-state index in [2.05, 4.69) is 55.5 Å². The Kier molecular flexibility index (Phi) is 3.40. The van der Waals surface area contributed by atoms with Crippen LogP contribution in [0.2, 0.25) is 0 Å². The largest absolute Gasteiger partial charge is 0.0587 e. The molecule has 0 bridgehead atoms. The summed E-state index contributed by atoms with van der Waals surface area (Å²) in [6.45, 7) is 7.63. The van der Waals surface area contributed by atoms with Crippen molar-refractivity contribution >= 4 is 0 Å². The number of rotatable bonds is 3. The molecule has 0 aromatic heterocycles. The molecule has 2 rings (SSSR count). The van der Waals surface area contributed by atoms with Gasteiger partial charge in [-0.2, -0.15) is 0 Å². The van der Waals surface area contributed by atoms with Crippen LogP contribution in [0.15, 0.2) is 48.5 Å². The van der Waals surface area contributed by atoms with E-state index in [1.807, 2.05) is 0 Å². The Balaban J connectivity index is 2.24. The highest BCUT2D eigenvalue weighted by Crippen LogP contribution is 2.20. The summed E-state index contributed by atoms with van der Waals surface area (Å²) in [6, 6.07) is 17.2. The quantitative estimate of drug-likeness (QED) is 0.705. The van der Waals surface area contributed by atoms with Gasteiger partial charge in [-0.05, 0) is 43.4 Å². The lowest BCUT2D eigenvalue weighted by Crippen LogP contribution is -1.83. The minimum Gasteiger partial charge on any atom is -0.0587 e. The summed E-state index contributed by atoms with van der Waals surface area (Å²) >= 11 is 0. The number of benzene rings is 2. The minimum absolute atomic E-state index is 0.712. The second-order valence-corrected chi connectivity index (χ2v) is 4.10. The van der Waals surface area contributed by atoms with Gasteiger partial charge < -0.3 is 0 Å². The van der Waals surface area contributed by atoms with Crippen molar-refractivity contribution in [2.45, 2.75) is 19.8 Å². The Morgan fingerprint density at radius 3 is 1.81 bits per heavy atom. The average molecular weight is 208 g/mol. The van der Waals surface area contributed by atoms with Crippen LogP contribution in [0.1, 0.15) is 17.5 Å². The lowest BCUT2D eigenvalue weighted by atomic mass is 10.0. The molecule has 2 aromatic rings. The SMILES string of the molecule is [CH]CCc1ccc(-c2ccc(C)cc2)cc1. The molecule has 2 aromatic carbocycles. The summed E-state index contributed by atoms with van der Waals surface area (Å²) in [7, 11) is 0. The number of hydrogen-bond acceptors (Lipinski definition) is 0. The summed E-state index contributed by atoms with van der Waals surface area (Å²) in [6.07, 6.45) is 1.66. The highest BCUT2D eigenvalue weighted by molar-refractivity contribution is 5.63. The van der Waals surface area contributed by atoms with Crippen molar-refractivity contribution in [2.75, 3.05) is 0 Å². The van der Waals surface area contributed by atoms with Gasteiger partial charge in [-0.1, -0.05) is 54.1 Å². The summed E-state index contributed by atoms with van der Waals surface area (Å²) in [5.74, 6) is 0. The molecule has 0 atom stereocenters. The van der Waals surface area contributed by atoms with Crippen molar-refractivity contribution in [2.24, 2.45) is 0 Å². The second-order valence-electron chi connectivity index (χ2n) is 4.10. The van der Waals surface area contributed by atoms with Crippen LogP contribution in [0.3, 0.4) is 0 Å². The lowest BCUT2D eigenvalue weighted by Gasteiger charge is -2.04. The summed E-state index contributed by atoms with van der Waals surface area (Å²) in [4.78, 5) is 0. The fourth-order valence-electron chi connectivity index (χ4n) is 1.78. The maximum atomic E-state index is 5.53. The molecule has 16 heavy (non-hydrogen) atoms. The van der Waals surface area contributed by atoms with Gasteiger partial charge in [0.1, 0.15) is 0 Å². The van der Waals surface area contributed by atoms with Crippen molar-refractivity contribution < 1.29 is 0 Å². The molecule has 0 amide bonds. The predicted octanol–water partition coefficient (Wildman–Crippen LogP) is 4.31. The highest BCUT2D eigenvalue weighted by Gasteiger charge is 1.97. The number of hydrogen-bond donors (Lipinski definition) is 0. The predicted molar refractivity (Wildman–Crippen MR) is 69.2 cm³/mol. The molecule has 0 aliphatic carbocycles. The van der Waals surface area contributed by atoms with Gasteiger partial charge in [-0.3, -0.25) is 0 Å². The van der Waals surface area contributed by atoms with Gasteiger partial charge in [-0.15, -0.1) is 0 Å². The van der Waals surface area contributed by atoms with Crippen LogP contribution in [0.4, 0.5) is 0 Å². The third kappa shape index (κ3) is 2.52. The van der Waals surface area contributed by atoms with E-state index in [1.165, 1.54) is 22.3 Å². The van der Waals surface area contributed by atoms with Gasteiger partial charge in [-0.25, -0.2) is 0 Å². The monoisotopic (exact) mass is 208 g/mol. The summed E-state index contributed by atoms with van der Waals surface area (Å²) < 4.78 is 0. The zero-order valence-electron chi connectivity index (χ0n) is 9.61. The van der Waals surface area contributed by atoms with Crippen LogP contribution in [0.25, 0.3) is 11.1 Å². The first kappa shape index (κ1) is 10.9. The van der Waals surface area contributed by atoms with Crippen LogP contribution in [-0.2, 0) is 6.42 Å². The van der Waals surface area contributed by atoms with Crippen LogP contribution >= 0.6 is 0 Å². The molecular formula is C16H16. The van der Waals surface area contributed by atoms with Gasteiger partial charge in [0.25, 0.3) is 0 Å². The van der Waals surface area contributed by atoms with Crippen molar-refractivity contribution in [1.82, 2.24) is 0 Å². The smallest absolute Gasteiger partial charge is 0.0184 e. The molecule has 0 spiro atoms. The van der Waals surface area contributed by atoms with Gasteiger partial charge in [0.2, 0.25) is 0 Å². The molecule has 0 aliphatic heterocycles. The van der Waals surface area contributed by atoms with E-state index in [0.717, 1.165) is 6.42 Å². The van der Waals surface area contributed by atoms with Crippen molar-refractivity contribution in [3.63, 3.8) is 0 Å². The zero-order chi connectivity index (χ0) is 11.4. The molecule has 0 fully saturated rings. The average Bonchev–Trinajstić information content (AvgIpc) is 2.32. The van der Waals surface area contributed by atoms with E-state index in [-0.39, 0.29) is 0 Å². The Hall–Kier alpha value is -1.56. The third-order valence-electron chi connectivity index (χ3n) is 2.77. The maximum Gasteiger partial charge on any atom is -0.0184 e. The molecule has 0 nitrogen and oxygen atoms in total. The third-order valence-corrected chi connectivity index (χ3v) is 2.77. The summed E-state index contributed by atoms with van der Waals surface area (Å²) in [5, 5.41) is 0. The van der Waals surface area contributed by atoms with Crippen molar-refractivity contribution in [1.29, 1.82) is 0 Å². The fraction of sp³-hybridized carbons (Fsp3) is 0.188. The molecule has 0 aliphatic rings. The van der Waals surface area contributed by atoms with Gasteiger partial charge in [0.05, 0.1) is 0 Å². The first-order valence-corrected chi connectivity index (χ1v) is 5.65. The van der Waals surface area contributed by atoms with Crippen molar-refractivity contribution in [3.05, 3.63) is 66.6 Å². The van der Waals surface area contributed by atoms with Crippen LogP contribution in [0.5, 0.6) is 0 Å². The van der Waals surface area contributed by atoms with Crippen LogP contribution < -0.4 is 0 Å². The van der Waals surface area contributed by atoms with Gasteiger partial charge in [0.15, 0.2) is 0 Å². The van der Waals surface area contributed by atoms with E-state index in [0.29, 0.717) is 6.42 Å². The van der Waals surface area contributed by atoms with Crippen molar-refractivity contribution in [3.8, 4) is 11.1 Å². The molecule has 0 saturated heterocycles. The highest BCUT2D eigenvalue weighted by atomic mass is 14.0. The summed E-state index contributed by atoms with van der Waals surface area (Å²) in [5.41, 5.74) is 5.13. The Morgan fingerprint density at radius 2 is 1.31 bits per heavy atom. The van der Waals surface area contributed by atoms with E-state index in [4.69, 9.17) is 6.92 Å². The van der Waals surface area contributed by atoms with Gasteiger partial charge >= 0.3 is 0 Å². The molecule has 0 heterocycles.